The van der Waals surface area contributed by atoms with Gasteiger partial charge in [-0.1, -0.05) is 31.9 Å². The van der Waals surface area contributed by atoms with Crippen molar-refractivity contribution < 1.29 is 0 Å². The van der Waals surface area contributed by atoms with Crippen molar-refractivity contribution in [2.24, 2.45) is 0 Å². The Balaban J connectivity index is 3.30. The van der Waals surface area contributed by atoms with E-state index in [1.54, 1.807) is 0 Å². The molecule has 0 aromatic heterocycles. The van der Waals surface area contributed by atoms with Crippen LogP contribution in [-0.4, -0.2) is 0 Å². The minimum atomic E-state index is -0.456. The van der Waals surface area contributed by atoms with E-state index < -0.39 is 5.41 Å². The third kappa shape index (κ3) is 2.32. The van der Waals surface area contributed by atoms with Gasteiger partial charge < -0.3 is 0 Å². The first kappa shape index (κ1) is 10.7. The van der Waals surface area contributed by atoms with Gasteiger partial charge in [0.05, 0.1) is 11.5 Å². The summed E-state index contributed by atoms with van der Waals surface area (Å²) >= 11 is 6.82. The Hall–Kier alpha value is -0.330. The van der Waals surface area contributed by atoms with Crippen LogP contribution in [0.15, 0.2) is 27.1 Å². The molecule has 3 heteroatoms. The molecule has 0 saturated heterocycles. The van der Waals surface area contributed by atoms with E-state index in [0.717, 1.165) is 14.5 Å². The van der Waals surface area contributed by atoms with Crippen molar-refractivity contribution in [3.63, 3.8) is 0 Å². The molecule has 13 heavy (non-hydrogen) atoms. The fourth-order valence-electron chi connectivity index (χ4n) is 1.04. The molecule has 0 aliphatic carbocycles. The molecular formula is C10H9Br2N. The summed E-state index contributed by atoms with van der Waals surface area (Å²) in [7, 11) is 0. The van der Waals surface area contributed by atoms with Crippen molar-refractivity contribution in [1.29, 1.82) is 5.26 Å². The van der Waals surface area contributed by atoms with Crippen LogP contribution in [0.3, 0.4) is 0 Å². The minimum absolute atomic E-state index is 0.456. The molecule has 0 radical (unpaired) electrons. The zero-order valence-electron chi connectivity index (χ0n) is 7.44. The molecule has 0 heterocycles. The molecule has 0 amide bonds. The molecule has 0 atom stereocenters. The van der Waals surface area contributed by atoms with Crippen LogP contribution in [0.2, 0.25) is 0 Å². The van der Waals surface area contributed by atoms with Crippen LogP contribution in [-0.2, 0) is 5.41 Å². The van der Waals surface area contributed by atoms with Crippen LogP contribution < -0.4 is 0 Å². The SMILES string of the molecule is CC(C)(C#N)c1cc(Br)ccc1Br. The number of rotatable bonds is 1. The summed E-state index contributed by atoms with van der Waals surface area (Å²) < 4.78 is 1.97. The topological polar surface area (TPSA) is 23.8 Å². The van der Waals surface area contributed by atoms with Gasteiger partial charge in [0.25, 0.3) is 0 Å². The van der Waals surface area contributed by atoms with E-state index in [9.17, 15) is 0 Å². The fourth-order valence-corrected chi connectivity index (χ4v) is 2.14. The highest BCUT2D eigenvalue weighted by atomic mass is 79.9. The maximum atomic E-state index is 8.98. The van der Waals surface area contributed by atoms with Gasteiger partial charge in [0.1, 0.15) is 0 Å². The van der Waals surface area contributed by atoms with Crippen molar-refractivity contribution in [1.82, 2.24) is 0 Å². The quantitative estimate of drug-likeness (QED) is 0.769. The Morgan fingerprint density at radius 3 is 2.46 bits per heavy atom. The lowest BCUT2D eigenvalue weighted by molar-refractivity contribution is 0.682. The number of hydrogen-bond donors (Lipinski definition) is 0. The predicted octanol–water partition coefficient (Wildman–Crippen LogP) is 4.01. The van der Waals surface area contributed by atoms with Gasteiger partial charge in [0, 0.05) is 8.95 Å². The van der Waals surface area contributed by atoms with E-state index in [4.69, 9.17) is 5.26 Å². The number of hydrogen-bond acceptors (Lipinski definition) is 1. The molecule has 0 N–H and O–H groups in total. The smallest absolute Gasteiger partial charge is 0.0777 e. The summed E-state index contributed by atoms with van der Waals surface area (Å²) in [5.41, 5.74) is 0.548. The molecule has 0 unspecified atom stereocenters. The third-order valence-corrected chi connectivity index (χ3v) is 3.07. The molecule has 0 bridgehead atoms. The maximum absolute atomic E-state index is 8.98. The largest absolute Gasteiger partial charge is 0.197 e. The second-order valence-electron chi connectivity index (χ2n) is 3.36. The highest BCUT2D eigenvalue weighted by Crippen LogP contribution is 2.31. The number of nitrogens with zero attached hydrogens (tertiary/aromatic N) is 1. The Bertz CT molecular complexity index is 364. The molecule has 0 aliphatic heterocycles. The van der Waals surface area contributed by atoms with Crippen LogP contribution in [0.5, 0.6) is 0 Å². The van der Waals surface area contributed by atoms with Crippen LogP contribution in [0.1, 0.15) is 19.4 Å². The number of benzene rings is 1. The van der Waals surface area contributed by atoms with Gasteiger partial charge in [-0.2, -0.15) is 5.26 Å². The Kier molecular flexibility index (Phi) is 3.15. The predicted molar refractivity (Wildman–Crippen MR) is 60.5 cm³/mol. The highest BCUT2D eigenvalue weighted by Gasteiger charge is 2.22. The minimum Gasteiger partial charge on any atom is -0.197 e. The summed E-state index contributed by atoms with van der Waals surface area (Å²) in [6.45, 7) is 3.80. The lowest BCUT2D eigenvalue weighted by Gasteiger charge is -2.17. The van der Waals surface area contributed by atoms with E-state index in [1.165, 1.54) is 0 Å². The summed E-state index contributed by atoms with van der Waals surface area (Å²) in [4.78, 5) is 0. The molecule has 0 saturated carbocycles. The van der Waals surface area contributed by atoms with Crippen LogP contribution in [0.25, 0.3) is 0 Å². The molecule has 68 valence electrons. The molecule has 0 spiro atoms. The molecule has 1 nitrogen and oxygen atoms in total. The van der Waals surface area contributed by atoms with Gasteiger partial charge in [0.15, 0.2) is 0 Å². The number of halogens is 2. The Morgan fingerprint density at radius 1 is 1.31 bits per heavy atom. The van der Waals surface area contributed by atoms with Crippen LogP contribution >= 0.6 is 31.9 Å². The van der Waals surface area contributed by atoms with Gasteiger partial charge in [0.2, 0.25) is 0 Å². The monoisotopic (exact) mass is 301 g/mol. The van der Waals surface area contributed by atoms with E-state index in [2.05, 4.69) is 37.9 Å². The van der Waals surface area contributed by atoms with E-state index >= 15 is 0 Å². The third-order valence-electron chi connectivity index (χ3n) is 1.88. The van der Waals surface area contributed by atoms with Gasteiger partial charge in [-0.3, -0.25) is 0 Å². The second-order valence-corrected chi connectivity index (χ2v) is 5.13. The van der Waals surface area contributed by atoms with E-state index in [0.29, 0.717) is 0 Å². The maximum Gasteiger partial charge on any atom is 0.0777 e. The zero-order chi connectivity index (χ0) is 10.1. The molecule has 1 aromatic rings. The molecule has 0 aliphatic rings. The highest BCUT2D eigenvalue weighted by molar-refractivity contribution is 9.11. The first-order valence-corrected chi connectivity index (χ1v) is 5.43. The van der Waals surface area contributed by atoms with Gasteiger partial charge >= 0.3 is 0 Å². The normalized spacial score (nSPS) is 11.0. The van der Waals surface area contributed by atoms with Crippen molar-refractivity contribution >= 4 is 31.9 Å². The first-order valence-electron chi connectivity index (χ1n) is 3.84. The lowest BCUT2D eigenvalue weighted by atomic mass is 9.86. The van der Waals surface area contributed by atoms with Crippen LogP contribution in [0.4, 0.5) is 0 Å². The number of nitriles is 1. The zero-order valence-corrected chi connectivity index (χ0v) is 10.6. The Morgan fingerprint density at radius 2 is 1.92 bits per heavy atom. The second kappa shape index (κ2) is 3.81. The average molecular weight is 303 g/mol. The molecule has 1 aromatic carbocycles. The standard InChI is InChI=1S/C10H9Br2N/c1-10(2,6-13)8-5-7(11)3-4-9(8)12/h3-5H,1-2H3. The molecule has 1 rings (SSSR count). The van der Waals surface area contributed by atoms with Crippen molar-refractivity contribution in [3.8, 4) is 6.07 Å². The summed E-state index contributed by atoms with van der Waals surface area (Å²) in [6.07, 6.45) is 0. The van der Waals surface area contributed by atoms with Crippen molar-refractivity contribution in [3.05, 3.63) is 32.7 Å². The van der Waals surface area contributed by atoms with Crippen molar-refractivity contribution in [2.75, 3.05) is 0 Å². The average Bonchev–Trinajstić information content (AvgIpc) is 2.09. The van der Waals surface area contributed by atoms with Gasteiger partial charge in [-0.25, -0.2) is 0 Å². The lowest BCUT2D eigenvalue weighted by Crippen LogP contribution is -2.14. The van der Waals surface area contributed by atoms with E-state index in [1.807, 2.05) is 32.0 Å². The van der Waals surface area contributed by atoms with Crippen LogP contribution in [0, 0.1) is 11.3 Å². The van der Waals surface area contributed by atoms with Crippen molar-refractivity contribution in [2.45, 2.75) is 19.3 Å². The van der Waals surface area contributed by atoms with Gasteiger partial charge in [-0.15, -0.1) is 0 Å². The Labute approximate surface area is 95.0 Å². The first-order chi connectivity index (χ1) is 5.97. The molecule has 0 fully saturated rings. The van der Waals surface area contributed by atoms with Gasteiger partial charge in [-0.05, 0) is 37.6 Å². The van der Waals surface area contributed by atoms with E-state index in [-0.39, 0.29) is 0 Å². The summed E-state index contributed by atoms with van der Waals surface area (Å²) in [5, 5.41) is 8.98. The fraction of sp³-hybridized carbons (Fsp3) is 0.300. The summed E-state index contributed by atoms with van der Waals surface area (Å²) in [5.74, 6) is 0. The molecular weight excluding hydrogens is 294 g/mol. The summed E-state index contributed by atoms with van der Waals surface area (Å²) in [6, 6.07) is 8.13.